The number of aromatic nitrogens is 1. The number of nitrogens with one attached hydrogen (secondary N) is 1. The van der Waals surface area contributed by atoms with Crippen molar-refractivity contribution in [1.29, 1.82) is 0 Å². The van der Waals surface area contributed by atoms with Crippen LogP contribution in [-0.4, -0.2) is 59.4 Å². The molecule has 6 nitrogen and oxygen atoms in total. The Morgan fingerprint density at radius 2 is 2.19 bits per heavy atom. The lowest BCUT2D eigenvalue weighted by Gasteiger charge is -2.25. The summed E-state index contributed by atoms with van der Waals surface area (Å²) in [5, 5.41) is 2.99. The summed E-state index contributed by atoms with van der Waals surface area (Å²) in [6, 6.07) is 0.402. The van der Waals surface area contributed by atoms with Crippen molar-refractivity contribution in [2.45, 2.75) is 57.9 Å². The van der Waals surface area contributed by atoms with Gasteiger partial charge in [-0.05, 0) is 32.6 Å². The highest BCUT2D eigenvalue weighted by Gasteiger charge is 2.36. The van der Waals surface area contributed by atoms with Crippen molar-refractivity contribution in [1.82, 2.24) is 20.1 Å². The molecule has 1 aliphatic carbocycles. The maximum atomic E-state index is 12.3. The average molecular weight is 379 g/mol. The zero-order valence-corrected chi connectivity index (χ0v) is 16.7. The Kier molecular flexibility index (Phi) is 6.51. The molecule has 1 atom stereocenters. The quantitative estimate of drug-likeness (QED) is 0.742. The minimum absolute atomic E-state index is 0.0437. The first-order chi connectivity index (χ1) is 12.5. The number of amides is 3. The molecule has 26 heavy (non-hydrogen) atoms. The lowest BCUT2D eigenvalue weighted by Crippen LogP contribution is -2.41. The lowest BCUT2D eigenvalue weighted by molar-refractivity contribution is -0.129. The molecule has 2 fully saturated rings. The van der Waals surface area contributed by atoms with E-state index in [4.69, 9.17) is 0 Å². The van der Waals surface area contributed by atoms with Crippen LogP contribution in [0.25, 0.3) is 0 Å². The van der Waals surface area contributed by atoms with Gasteiger partial charge in [-0.25, -0.2) is 9.78 Å². The van der Waals surface area contributed by atoms with E-state index in [1.54, 1.807) is 16.2 Å². The summed E-state index contributed by atoms with van der Waals surface area (Å²) >= 11 is 1.68. The fourth-order valence-electron chi connectivity index (χ4n) is 4.12. The fraction of sp³-hybridized carbons (Fsp3) is 0.737. The van der Waals surface area contributed by atoms with Gasteiger partial charge < -0.3 is 15.1 Å². The molecule has 0 aromatic carbocycles. The number of nitrogens with zero attached hydrogens (tertiary/aromatic N) is 3. The second-order valence-electron chi connectivity index (χ2n) is 7.63. The Hall–Kier alpha value is -1.63. The maximum Gasteiger partial charge on any atom is 0.317 e. The summed E-state index contributed by atoms with van der Waals surface area (Å²) in [4.78, 5) is 33.9. The number of likely N-dealkylation sites (tertiary alicyclic amines) is 1. The molecule has 7 heteroatoms. The molecule has 0 spiro atoms. The van der Waals surface area contributed by atoms with Gasteiger partial charge in [0, 0.05) is 49.9 Å². The molecule has 1 aromatic rings. The maximum absolute atomic E-state index is 12.3. The van der Waals surface area contributed by atoms with Crippen molar-refractivity contribution in [2.75, 3.05) is 26.7 Å². The molecule has 1 saturated heterocycles. The minimum Gasteiger partial charge on any atom is -0.339 e. The third kappa shape index (κ3) is 4.75. The van der Waals surface area contributed by atoms with Crippen LogP contribution in [0.3, 0.4) is 0 Å². The SMILES string of the molecule is Cc1ncsc1CCCNC(=O)N(C)C[C@H]1CC(=O)N(C2CCCC2)C1. The first-order valence-corrected chi connectivity index (χ1v) is 10.6. The van der Waals surface area contributed by atoms with E-state index in [2.05, 4.69) is 15.2 Å². The van der Waals surface area contributed by atoms with E-state index in [9.17, 15) is 9.59 Å². The Bertz CT molecular complexity index is 627. The Morgan fingerprint density at radius 1 is 1.42 bits per heavy atom. The van der Waals surface area contributed by atoms with E-state index in [1.165, 1.54) is 17.7 Å². The topological polar surface area (TPSA) is 65.5 Å². The molecular formula is C19H30N4O2S. The van der Waals surface area contributed by atoms with Crippen molar-refractivity contribution >= 4 is 23.3 Å². The number of hydrogen-bond acceptors (Lipinski definition) is 4. The van der Waals surface area contributed by atoms with Crippen molar-refractivity contribution in [3.05, 3.63) is 16.1 Å². The fourth-order valence-corrected chi connectivity index (χ4v) is 4.94. The normalized spacial score (nSPS) is 20.8. The third-order valence-electron chi connectivity index (χ3n) is 5.58. The smallest absolute Gasteiger partial charge is 0.317 e. The first-order valence-electron chi connectivity index (χ1n) is 9.72. The standard InChI is InChI=1S/C19H30N4O2S/c1-14-17(26-13-21-14)8-5-9-20-19(25)22(2)11-15-10-18(24)23(12-15)16-6-3-4-7-16/h13,15-16H,3-12H2,1-2H3,(H,20,25)/t15-/m1/s1. The predicted octanol–water partition coefficient (Wildman–Crippen LogP) is 2.82. The number of urea groups is 1. The molecule has 1 aromatic heterocycles. The Labute approximate surface area is 160 Å². The van der Waals surface area contributed by atoms with Crippen LogP contribution in [0, 0.1) is 12.8 Å². The highest BCUT2D eigenvalue weighted by molar-refractivity contribution is 7.09. The van der Waals surface area contributed by atoms with E-state index in [0.29, 0.717) is 25.6 Å². The molecule has 3 rings (SSSR count). The monoisotopic (exact) mass is 378 g/mol. The van der Waals surface area contributed by atoms with Gasteiger partial charge in [0.05, 0.1) is 11.2 Å². The molecule has 1 saturated carbocycles. The predicted molar refractivity (Wildman–Crippen MR) is 103 cm³/mol. The molecule has 1 N–H and O–H groups in total. The van der Waals surface area contributed by atoms with Crippen LogP contribution >= 0.6 is 11.3 Å². The lowest BCUT2D eigenvalue weighted by atomic mass is 10.1. The molecule has 0 radical (unpaired) electrons. The summed E-state index contributed by atoms with van der Waals surface area (Å²) in [5.41, 5.74) is 2.96. The van der Waals surface area contributed by atoms with Gasteiger partial charge in [-0.3, -0.25) is 4.79 Å². The van der Waals surface area contributed by atoms with Gasteiger partial charge >= 0.3 is 6.03 Å². The van der Waals surface area contributed by atoms with E-state index in [-0.39, 0.29) is 17.9 Å². The van der Waals surface area contributed by atoms with Crippen LogP contribution in [0.1, 0.15) is 49.1 Å². The molecule has 2 aliphatic rings. The van der Waals surface area contributed by atoms with Crippen LogP contribution < -0.4 is 5.32 Å². The van der Waals surface area contributed by atoms with E-state index in [1.807, 2.05) is 19.5 Å². The van der Waals surface area contributed by atoms with Gasteiger partial charge in [0.25, 0.3) is 0 Å². The summed E-state index contributed by atoms with van der Waals surface area (Å²) in [6.07, 6.45) is 7.22. The highest BCUT2D eigenvalue weighted by Crippen LogP contribution is 2.29. The van der Waals surface area contributed by atoms with Crippen molar-refractivity contribution in [2.24, 2.45) is 5.92 Å². The second-order valence-corrected chi connectivity index (χ2v) is 8.57. The van der Waals surface area contributed by atoms with Gasteiger partial charge in [-0.15, -0.1) is 11.3 Å². The van der Waals surface area contributed by atoms with Gasteiger partial charge in [-0.1, -0.05) is 12.8 Å². The minimum atomic E-state index is -0.0437. The van der Waals surface area contributed by atoms with Gasteiger partial charge in [0.15, 0.2) is 0 Å². The van der Waals surface area contributed by atoms with Crippen LogP contribution in [-0.2, 0) is 11.2 Å². The number of rotatable bonds is 7. The summed E-state index contributed by atoms with van der Waals surface area (Å²) in [6.45, 7) is 4.15. The summed E-state index contributed by atoms with van der Waals surface area (Å²) in [5.74, 6) is 0.536. The zero-order valence-electron chi connectivity index (χ0n) is 15.9. The van der Waals surface area contributed by atoms with E-state index in [0.717, 1.165) is 37.9 Å². The van der Waals surface area contributed by atoms with Gasteiger partial charge in [0.1, 0.15) is 0 Å². The molecule has 1 aliphatic heterocycles. The van der Waals surface area contributed by atoms with Crippen LogP contribution in [0.2, 0.25) is 0 Å². The van der Waals surface area contributed by atoms with Crippen LogP contribution in [0.4, 0.5) is 4.79 Å². The van der Waals surface area contributed by atoms with Crippen LogP contribution in [0.15, 0.2) is 5.51 Å². The molecule has 0 bridgehead atoms. The molecular weight excluding hydrogens is 348 g/mol. The molecule has 2 heterocycles. The number of hydrogen-bond donors (Lipinski definition) is 1. The van der Waals surface area contributed by atoms with Crippen molar-refractivity contribution in [3.63, 3.8) is 0 Å². The molecule has 3 amide bonds. The zero-order chi connectivity index (χ0) is 18.5. The summed E-state index contributed by atoms with van der Waals surface area (Å²) in [7, 11) is 1.82. The van der Waals surface area contributed by atoms with Gasteiger partial charge in [-0.2, -0.15) is 0 Å². The molecule has 0 unspecified atom stereocenters. The third-order valence-corrected chi connectivity index (χ3v) is 6.58. The first kappa shape index (κ1) is 19.1. The Balaban J connectivity index is 1.36. The number of aryl methyl sites for hydroxylation is 2. The van der Waals surface area contributed by atoms with Crippen LogP contribution in [0.5, 0.6) is 0 Å². The van der Waals surface area contributed by atoms with Crippen molar-refractivity contribution in [3.8, 4) is 0 Å². The van der Waals surface area contributed by atoms with Gasteiger partial charge in [0.2, 0.25) is 5.91 Å². The number of carbonyl (C=O) groups excluding carboxylic acids is 2. The largest absolute Gasteiger partial charge is 0.339 e. The average Bonchev–Trinajstić information content (AvgIpc) is 3.33. The number of carbonyl (C=O) groups is 2. The number of thiazole rings is 1. The van der Waals surface area contributed by atoms with Crippen molar-refractivity contribution < 1.29 is 9.59 Å². The summed E-state index contributed by atoms with van der Waals surface area (Å²) < 4.78 is 0. The molecule has 144 valence electrons. The second kappa shape index (κ2) is 8.84. The van der Waals surface area contributed by atoms with E-state index >= 15 is 0 Å². The Morgan fingerprint density at radius 3 is 2.88 bits per heavy atom. The van der Waals surface area contributed by atoms with E-state index < -0.39 is 0 Å². The highest BCUT2D eigenvalue weighted by atomic mass is 32.1.